The fourth-order valence-corrected chi connectivity index (χ4v) is 4.23. The zero-order chi connectivity index (χ0) is 23.5. The zero-order valence-corrected chi connectivity index (χ0v) is 19.1. The van der Waals surface area contributed by atoms with E-state index in [-0.39, 0.29) is 17.6 Å². The van der Waals surface area contributed by atoms with Crippen LogP contribution in [0.1, 0.15) is 27.9 Å². The summed E-state index contributed by atoms with van der Waals surface area (Å²) in [7, 11) is 3.23. The molecule has 0 saturated carbocycles. The lowest BCUT2D eigenvalue weighted by Gasteiger charge is -2.17. The SMILES string of the molecule is COc1ccc(-n2ncc(C(=O)C3CCN(C(=O)Cc4ccc(OC)c(C)c4)C3)c2N)cc1. The van der Waals surface area contributed by atoms with Crippen LogP contribution in [0.15, 0.2) is 48.7 Å². The molecule has 2 N–H and O–H groups in total. The van der Waals surface area contributed by atoms with Crippen LogP contribution >= 0.6 is 0 Å². The summed E-state index contributed by atoms with van der Waals surface area (Å²) in [5, 5.41) is 4.31. The first kappa shape index (κ1) is 22.4. The molecule has 33 heavy (non-hydrogen) atoms. The summed E-state index contributed by atoms with van der Waals surface area (Å²) in [4.78, 5) is 27.7. The van der Waals surface area contributed by atoms with Crippen molar-refractivity contribution in [1.29, 1.82) is 0 Å². The van der Waals surface area contributed by atoms with Crippen LogP contribution in [0.2, 0.25) is 0 Å². The van der Waals surface area contributed by atoms with Crippen molar-refractivity contribution < 1.29 is 19.1 Å². The number of rotatable bonds is 7. The molecule has 2 aromatic carbocycles. The van der Waals surface area contributed by atoms with Crippen LogP contribution in [0.25, 0.3) is 5.69 Å². The molecule has 172 valence electrons. The number of hydrogen-bond donors (Lipinski definition) is 1. The Morgan fingerprint density at radius 3 is 2.55 bits per heavy atom. The molecule has 0 radical (unpaired) electrons. The molecule has 1 fully saturated rings. The van der Waals surface area contributed by atoms with Gasteiger partial charge in [-0.3, -0.25) is 9.59 Å². The average molecular weight is 449 g/mol. The highest BCUT2D eigenvalue weighted by Crippen LogP contribution is 2.27. The molecular weight excluding hydrogens is 420 g/mol. The molecule has 1 saturated heterocycles. The van der Waals surface area contributed by atoms with Gasteiger partial charge < -0.3 is 20.1 Å². The van der Waals surface area contributed by atoms with Gasteiger partial charge in [-0.1, -0.05) is 12.1 Å². The highest BCUT2D eigenvalue weighted by molar-refractivity contribution is 6.02. The number of carbonyl (C=O) groups is 2. The molecule has 1 aliphatic rings. The maximum atomic E-state index is 13.1. The van der Waals surface area contributed by atoms with Crippen LogP contribution in [0.4, 0.5) is 5.82 Å². The summed E-state index contributed by atoms with van der Waals surface area (Å²) in [6.45, 7) is 2.89. The number of aromatic nitrogens is 2. The van der Waals surface area contributed by atoms with Crippen molar-refractivity contribution in [3.63, 3.8) is 0 Å². The van der Waals surface area contributed by atoms with E-state index in [0.717, 1.165) is 28.3 Å². The van der Waals surface area contributed by atoms with Gasteiger partial charge in [0.2, 0.25) is 5.91 Å². The maximum Gasteiger partial charge on any atom is 0.227 e. The van der Waals surface area contributed by atoms with E-state index >= 15 is 0 Å². The van der Waals surface area contributed by atoms with Crippen LogP contribution in [0.5, 0.6) is 11.5 Å². The molecule has 1 atom stereocenters. The second-order valence-electron chi connectivity index (χ2n) is 8.22. The Morgan fingerprint density at radius 1 is 1.12 bits per heavy atom. The van der Waals surface area contributed by atoms with Crippen molar-refractivity contribution in [2.45, 2.75) is 19.8 Å². The predicted molar refractivity (Wildman–Crippen MR) is 125 cm³/mol. The van der Waals surface area contributed by atoms with Gasteiger partial charge in [0, 0.05) is 19.0 Å². The molecule has 0 bridgehead atoms. The summed E-state index contributed by atoms with van der Waals surface area (Å²) in [5.74, 6) is 1.46. The first-order chi connectivity index (χ1) is 15.9. The van der Waals surface area contributed by atoms with E-state index in [9.17, 15) is 9.59 Å². The third-order valence-corrected chi connectivity index (χ3v) is 6.12. The van der Waals surface area contributed by atoms with Crippen molar-refractivity contribution in [2.75, 3.05) is 33.0 Å². The number of nitrogens with two attached hydrogens (primary N) is 1. The number of methoxy groups -OCH3 is 2. The summed E-state index contributed by atoms with van der Waals surface area (Å²) in [5.41, 5.74) is 9.31. The van der Waals surface area contributed by atoms with Crippen molar-refractivity contribution in [3.05, 3.63) is 65.4 Å². The number of anilines is 1. The Hall–Kier alpha value is -3.81. The van der Waals surface area contributed by atoms with E-state index in [1.807, 2.05) is 49.4 Å². The maximum absolute atomic E-state index is 13.1. The van der Waals surface area contributed by atoms with Crippen LogP contribution in [0, 0.1) is 12.8 Å². The molecular formula is C25H28N4O4. The number of benzene rings is 2. The lowest BCUT2D eigenvalue weighted by atomic mass is 9.98. The number of hydrogen-bond acceptors (Lipinski definition) is 6. The van der Waals surface area contributed by atoms with E-state index in [1.165, 1.54) is 10.9 Å². The number of nitrogen functional groups attached to an aromatic ring is 1. The second-order valence-corrected chi connectivity index (χ2v) is 8.22. The number of ketones is 1. The normalized spacial score (nSPS) is 15.5. The Labute approximate surface area is 192 Å². The van der Waals surface area contributed by atoms with Crippen LogP contribution < -0.4 is 15.2 Å². The smallest absolute Gasteiger partial charge is 0.227 e. The number of aryl methyl sites for hydroxylation is 1. The van der Waals surface area contributed by atoms with Gasteiger partial charge in [-0.05, 0) is 54.8 Å². The van der Waals surface area contributed by atoms with Crippen molar-refractivity contribution in [1.82, 2.24) is 14.7 Å². The monoisotopic (exact) mass is 448 g/mol. The Morgan fingerprint density at radius 2 is 1.88 bits per heavy atom. The third-order valence-electron chi connectivity index (χ3n) is 6.12. The third kappa shape index (κ3) is 4.55. The molecule has 8 nitrogen and oxygen atoms in total. The first-order valence-electron chi connectivity index (χ1n) is 10.8. The highest BCUT2D eigenvalue weighted by atomic mass is 16.5. The largest absolute Gasteiger partial charge is 0.497 e. The molecule has 1 aliphatic heterocycles. The van der Waals surface area contributed by atoms with E-state index < -0.39 is 0 Å². The van der Waals surface area contributed by atoms with E-state index in [0.29, 0.717) is 37.3 Å². The molecule has 0 aliphatic carbocycles. The number of nitrogens with zero attached hydrogens (tertiary/aromatic N) is 3. The van der Waals surface area contributed by atoms with Gasteiger partial charge in [0.05, 0.1) is 38.1 Å². The number of ether oxygens (including phenoxy) is 2. The first-order valence-corrected chi connectivity index (χ1v) is 10.8. The van der Waals surface area contributed by atoms with E-state index in [1.54, 1.807) is 19.1 Å². The fraction of sp³-hybridized carbons (Fsp3) is 0.320. The van der Waals surface area contributed by atoms with Crippen molar-refractivity contribution in [2.24, 2.45) is 5.92 Å². The minimum atomic E-state index is -0.289. The second kappa shape index (κ2) is 9.36. The molecule has 3 aromatic rings. The summed E-state index contributed by atoms with van der Waals surface area (Å²) < 4.78 is 12.0. The van der Waals surface area contributed by atoms with Crippen LogP contribution in [-0.4, -0.2) is 53.7 Å². The standard InChI is InChI=1S/C25H28N4O4/c1-16-12-17(4-9-22(16)33-3)13-23(30)28-11-10-18(15-28)24(31)21-14-27-29(25(21)26)19-5-7-20(32-2)8-6-19/h4-9,12,14,18H,10-11,13,15,26H2,1-3H3. The number of carbonyl (C=O) groups excluding carboxylic acids is 2. The molecule has 0 spiro atoms. The fourth-order valence-electron chi connectivity index (χ4n) is 4.23. The van der Waals surface area contributed by atoms with Gasteiger partial charge in [-0.2, -0.15) is 5.10 Å². The minimum Gasteiger partial charge on any atom is -0.497 e. The van der Waals surface area contributed by atoms with Gasteiger partial charge in [-0.25, -0.2) is 4.68 Å². The number of amides is 1. The Bertz CT molecular complexity index is 1170. The summed E-state index contributed by atoms with van der Waals surface area (Å²) in [6, 6.07) is 13.0. The van der Waals surface area contributed by atoms with Crippen molar-refractivity contribution >= 4 is 17.5 Å². The summed E-state index contributed by atoms with van der Waals surface area (Å²) >= 11 is 0. The zero-order valence-electron chi connectivity index (χ0n) is 19.1. The Balaban J connectivity index is 1.41. The topological polar surface area (TPSA) is 99.7 Å². The number of likely N-dealkylation sites (tertiary alicyclic amines) is 1. The van der Waals surface area contributed by atoms with E-state index in [4.69, 9.17) is 15.2 Å². The van der Waals surface area contributed by atoms with Gasteiger partial charge in [0.15, 0.2) is 5.78 Å². The van der Waals surface area contributed by atoms with Crippen molar-refractivity contribution in [3.8, 4) is 17.2 Å². The lowest BCUT2D eigenvalue weighted by Crippen LogP contribution is -2.31. The highest BCUT2D eigenvalue weighted by Gasteiger charge is 2.33. The molecule has 1 unspecified atom stereocenters. The van der Waals surface area contributed by atoms with Gasteiger partial charge in [0.25, 0.3) is 0 Å². The molecule has 1 aromatic heterocycles. The lowest BCUT2D eigenvalue weighted by molar-refractivity contribution is -0.129. The predicted octanol–water partition coefficient (Wildman–Crippen LogP) is 3.05. The average Bonchev–Trinajstić information content (AvgIpc) is 3.46. The van der Waals surface area contributed by atoms with Gasteiger partial charge in [0.1, 0.15) is 17.3 Å². The molecule has 8 heteroatoms. The van der Waals surface area contributed by atoms with Crippen LogP contribution in [0.3, 0.4) is 0 Å². The number of Topliss-reactive ketones (excluding diaryl/α,β-unsaturated/α-hetero) is 1. The van der Waals surface area contributed by atoms with Gasteiger partial charge in [-0.15, -0.1) is 0 Å². The van der Waals surface area contributed by atoms with E-state index in [2.05, 4.69) is 5.10 Å². The minimum absolute atomic E-state index is 0.0109. The molecule has 2 heterocycles. The quantitative estimate of drug-likeness (QED) is 0.558. The Kier molecular flexibility index (Phi) is 6.35. The van der Waals surface area contributed by atoms with Crippen LogP contribution in [-0.2, 0) is 11.2 Å². The molecule has 4 rings (SSSR count). The van der Waals surface area contributed by atoms with Gasteiger partial charge >= 0.3 is 0 Å². The molecule has 1 amide bonds. The summed E-state index contributed by atoms with van der Waals surface area (Å²) in [6.07, 6.45) is 2.41.